The minimum absolute atomic E-state index is 0.0337. The van der Waals surface area contributed by atoms with Gasteiger partial charge in [-0.25, -0.2) is 0 Å². The molecule has 1 fully saturated rings. The second-order valence-corrected chi connectivity index (χ2v) is 6.28. The molecular formula is C17H25N3O3. The number of aryl methyl sites for hydroxylation is 1. The van der Waals surface area contributed by atoms with Gasteiger partial charge in [-0.15, -0.1) is 0 Å². The Kier molecular flexibility index (Phi) is 6.10. The van der Waals surface area contributed by atoms with E-state index in [1.54, 1.807) is 19.1 Å². The normalized spacial score (nSPS) is 16.3. The molecule has 0 saturated heterocycles. The minimum atomic E-state index is -0.361. The molecule has 0 aliphatic heterocycles. The molecule has 0 aromatic heterocycles. The summed E-state index contributed by atoms with van der Waals surface area (Å²) < 4.78 is 0. The number of hydrogen-bond acceptors (Lipinski definition) is 4. The number of amides is 1. The first-order chi connectivity index (χ1) is 11.0. The van der Waals surface area contributed by atoms with Gasteiger partial charge in [0.25, 0.3) is 5.69 Å². The van der Waals surface area contributed by atoms with Crippen molar-refractivity contribution in [3.63, 3.8) is 0 Å². The number of hydrogen-bond donors (Lipinski definition) is 2. The minimum Gasteiger partial charge on any atom is -0.353 e. The molecule has 1 unspecified atom stereocenters. The molecule has 6 nitrogen and oxygen atoms in total. The van der Waals surface area contributed by atoms with Crippen LogP contribution in [0.15, 0.2) is 18.2 Å². The van der Waals surface area contributed by atoms with Gasteiger partial charge in [0.2, 0.25) is 5.91 Å². The van der Waals surface area contributed by atoms with E-state index in [4.69, 9.17) is 0 Å². The van der Waals surface area contributed by atoms with Crippen molar-refractivity contribution >= 4 is 11.6 Å². The summed E-state index contributed by atoms with van der Waals surface area (Å²) >= 11 is 0. The smallest absolute Gasteiger partial charge is 0.272 e. The van der Waals surface area contributed by atoms with Crippen LogP contribution in [0.4, 0.5) is 5.69 Å². The van der Waals surface area contributed by atoms with Gasteiger partial charge >= 0.3 is 0 Å². The van der Waals surface area contributed by atoms with E-state index in [1.807, 2.05) is 13.0 Å². The zero-order valence-corrected chi connectivity index (χ0v) is 13.8. The van der Waals surface area contributed by atoms with Crippen LogP contribution in [0.25, 0.3) is 0 Å². The van der Waals surface area contributed by atoms with Gasteiger partial charge in [0, 0.05) is 36.7 Å². The molecule has 1 atom stereocenters. The first-order valence-corrected chi connectivity index (χ1v) is 8.25. The van der Waals surface area contributed by atoms with Gasteiger partial charge in [-0.05, 0) is 32.3 Å². The van der Waals surface area contributed by atoms with Crippen molar-refractivity contribution in [3.8, 4) is 0 Å². The molecule has 0 spiro atoms. The third-order valence-electron chi connectivity index (χ3n) is 4.45. The fraction of sp³-hybridized carbons (Fsp3) is 0.588. The first kappa shape index (κ1) is 17.4. The maximum Gasteiger partial charge on any atom is 0.272 e. The predicted molar refractivity (Wildman–Crippen MR) is 89.3 cm³/mol. The van der Waals surface area contributed by atoms with E-state index in [-0.39, 0.29) is 22.6 Å². The lowest BCUT2D eigenvalue weighted by Gasteiger charge is -2.16. The highest BCUT2D eigenvalue weighted by Gasteiger charge is 2.17. The van der Waals surface area contributed by atoms with Gasteiger partial charge in [0.05, 0.1) is 4.92 Å². The standard InChI is InChI=1S/C17H25N3O3/c1-12-7-8-14(11-16(12)20(22)23)13(2)18-10-9-17(21)19-15-5-3-4-6-15/h7-8,11,13,15,18H,3-6,9-10H2,1-2H3,(H,19,21). The Morgan fingerprint density at radius 2 is 2.09 bits per heavy atom. The SMILES string of the molecule is Cc1ccc(C(C)NCCC(=O)NC2CCCC2)cc1[N+](=O)[O-]. The summed E-state index contributed by atoms with van der Waals surface area (Å²) in [4.78, 5) is 22.5. The number of nitrogens with one attached hydrogen (secondary N) is 2. The quantitative estimate of drug-likeness (QED) is 0.597. The Balaban J connectivity index is 1.80. The molecule has 0 radical (unpaired) electrons. The fourth-order valence-corrected chi connectivity index (χ4v) is 2.98. The maximum atomic E-state index is 11.9. The predicted octanol–water partition coefficient (Wildman–Crippen LogP) is 3.00. The van der Waals surface area contributed by atoms with Gasteiger partial charge in [0.15, 0.2) is 0 Å². The highest BCUT2D eigenvalue weighted by atomic mass is 16.6. The second-order valence-electron chi connectivity index (χ2n) is 6.28. The summed E-state index contributed by atoms with van der Waals surface area (Å²) in [5.74, 6) is 0.0755. The van der Waals surface area contributed by atoms with Crippen molar-refractivity contribution < 1.29 is 9.72 Å². The summed E-state index contributed by atoms with van der Waals surface area (Å²) in [5.41, 5.74) is 1.65. The third-order valence-corrected chi connectivity index (χ3v) is 4.45. The fourth-order valence-electron chi connectivity index (χ4n) is 2.98. The van der Waals surface area contributed by atoms with Crippen molar-refractivity contribution in [3.05, 3.63) is 39.4 Å². The summed E-state index contributed by atoms with van der Waals surface area (Å²) in [6.07, 6.45) is 5.00. The maximum absolute atomic E-state index is 11.9. The number of nitro groups is 1. The average molecular weight is 319 g/mol. The zero-order chi connectivity index (χ0) is 16.8. The number of benzene rings is 1. The highest BCUT2D eigenvalue weighted by Crippen LogP contribution is 2.23. The Labute approximate surface area is 136 Å². The number of nitro benzene ring substituents is 1. The zero-order valence-electron chi connectivity index (χ0n) is 13.8. The average Bonchev–Trinajstić information content (AvgIpc) is 3.00. The molecule has 1 aliphatic carbocycles. The Morgan fingerprint density at radius 3 is 2.74 bits per heavy atom. The molecule has 1 amide bonds. The molecule has 126 valence electrons. The molecule has 6 heteroatoms. The highest BCUT2D eigenvalue weighted by molar-refractivity contribution is 5.76. The van der Waals surface area contributed by atoms with Crippen LogP contribution in [-0.2, 0) is 4.79 Å². The summed E-state index contributed by atoms with van der Waals surface area (Å²) in [6, 6.07) is 5.57. The van der Waals surface area contributed by atoms with Crippen molar-refractivity contribution in [1.29, 1.82) is 0 Å². The molecule has 1 aromatic carbocycles. The van der Waals surface area contributed by atoms with Crippen LogP contribution in [-0.4, -0.2) is 23.4 Å². The van der Waals surface area contributed by atoms with Gasteiger partial charge < -0.3 is 10.6 Å². The Bertz CT molecular complexity index is 568. The van der Waals surface area contributed by atoms with E-state index >= 15 is 0 Å². The lowest BCUT2D eigenvalue weighted by atomic mass is 10.0. The van der Waals surface area contributed by atoms with Crippen molar-refractivity contribution in [2.24, 2.45) is 0 Å². The molecule has 23 heavy (non-hydrogen) atoms. The monoisotopic (exact) mass is 319 g/mol. The van der Waals surface area contributed by atoms with Gasteiger partial charge in [-0.1, -0.05) is 25.0 Å². The molecule has 1 aliphatic rings. The van der Waals surface area contributed by atoms with Crippen molar-refractivity contribution in [1.82, 2.24) is 10.6 Å². The first-order valence-electron chi connectivity index (χ1n) is 8.25. The molecule has 0 heterocycles. The van der Waals surface area contributed by atoms with E-state index in [0.29, 0.717) is 24.6 Å². The van der Waals surface area contributed by atoms with E-state index in [9.17, 15) is 14.9 Å². The topological polar surface area (TPSA) is 84.3 Å². The molecule has 2 rings (SSSR count). The molecule has 0 bridgehead atoms. The largest absolute Gasteiger partial charge is 0.353 e. The summed E-state index contributed by atoms with van der Waals surface area (Å²) in [6.45, 7) is 4.23. The van der Waals surface area contributed by atoms with Crippen LogP contribution in [0.1, 0.15) is 56.2 Å². The van der Waals surface area contributed by atoms with Crippen LogP contribution in [0.2, 0.25) is 0 Å². The van der Waals surface area contributed by atoms with Gasteiger partial charge in [-0.3, -0.25) is 14.9 Å². The third kappa shape index (κ3) is 5.03. The number of rotatable bonds is 7. The van der Waals surface area contributed by atoms with Crippen molar-refractivity contribution in [2.75, 3.05) is 6.54 Å². The number of carbonyl (C=O) groups is 1. The lowest BCUT2D eigenvalue weighted by Crippen LogP contribution is -2.34. The molecular weight excluding hydrogens is 294 g/mol. The van der Waals surface area contributed by atoms with Crippen LogP contribution < -0.4 is 10.6 Å². The van der Waals surface area contributed by atoms with E-state index in [1.165, 1.54) is 12.8 Å². The Hall–Kier alpha value is -1.95. The van der Waals surface area contributed by atoms with Crippen LogP contribution in [0.3, 0.4) is 0 Å². The van der Waals surface area contributed by atoms with E-state index < -0.39 is 0 Å². The molecule has 2 N–H and O–H groups in total. The van der Waals surface area contributed by atoms with Crippen LogP contribution >= 0.6 is 0 Å². The summed E-state index contributed by atoms with van der Waals surface area (Å²) in [7, 11) is 0. The number of carbonyl (C=O) groups excluding carboxylic acids is 1. The van der Waals surface area contributed by atoms with E-state index in [2.05, 4.69) is 10.6 Å². The number of nitrogens with zero attached hydrogens (tertiary/aromatic N) is 1. The Morgan fingerprint density at radius 1 is 1.39 bits per heavy atom. The molecule has 1 aromatic rings. The van der Waals surface area contributed by atoms with Crippen LogP contribution in [0.5, 0.6) is 0 Å². The summed E-state index contributed by atoms with van der Waals surface area (Å²) in [5, 5.41) is 17.3. The molecule has 1 saturated carbocycles. The van der Waals surface area contributed by atoms with Crippen molar-refractivity contribution in [2.45, 2.75) is 58.0 Å². The van der Waals surface area contributed by atoms with Crippen LogP contribution in [0, 0.1) is 17.0 Å². The van der Waals surface area contributed by atoms with Gasteiger partial charge in [-0.2, -0.15) is 0 Å². The van der Waals surface area contributed by atoms with Gasteiger partial charge in [0.1, 0.15) is 0 Å². The lowest BCUT2D eigenvalue weighted by molar-refractivity contribution is -0.385. The van der Waals surface area contributed by atoms with E-state index in [0.717, 1.165) is 18.4 Å². The second kappa shape index (κ2) is 8.06.